The van der Waals surface area contributed by atoms with E-state index in [1.165, 1.54) is 0 Å². The van der Waals surface area contributed by atoms with Crippen molar-refractivity contribution in [3.8, 4) is 0 Å². The third kappa shape index (κ3) is 10.6. The van der Waals surface area contributed by atoms with Crippen molar-refractivity contribution in [3.63, 3.8) is 0 Å². The predicted octanol–water partition coefficient (Wildman–Crippen LogP) is 3.13. The lowest BCUT2D eigenvalue weighted by atomic mass is 10.5. The van der Waals surface area contributed by atoms with Crippen LogP contribution in [0.15, 0.2) is 0 Å². The molecule has 2 nitrogen and oxygen atoms in total. The Kier molecular flexibility index (Phi) is 8.65. The van der Waals surface area contributed by atoms with Crippen LogP contribution in [-0.2, 0) is 9.47 Å². The highest BCUT2D eigenvalue weighted by molar-refractivity contribution is 8.76. The molecule has 0 unspecified atom stereocenters. The molecule has 0 radical (unpaired) electrons. The normalized spacial score (nSPS) is 11.5. The van der Waals surface area contributed by atoms with Crippen molar-refractivity contribution in [2.75, 3.05) is 11.9 Å². The van der Waals surface area contributed by atoms with Gasteiger partial charge in [0, 0.05) is 0 Å². The average Bonchev–Trinajstić information content (AvgIpc) is 1.95. The molecule has 0 aliphatic heterocycles. The Hall–Kier alpha value is 0.620. The first-order valence-corrected chi connectivity index (χ1v) is 6.59. The Labute approximate surface area is 83.2 Å². The second-order valence-electron chi connectivity index (χ2n) is 2.90. The van der Waals surface area contributed by atoms with Gasteiger partial charge in [0.25, 0.3) is 0 Å². The second kappa shape index (κ2) is 8.23. The fourth-order valence-corrected chi connectivity index (χ4v) is 1.93. The monoisotopic (exact) mass is 210 g/mol. The summed E-state index contributed by atoms with van der Waals surface area (Å²) in [6.45, 7) is 8.15. The van der Waals surface area contributed by atoms with E-state index in [1.54, 1.807) is 21.6 Å². The van der Waals surface area contributed by atoms with Crippen LogP contribution in [0.4, 0.5) is 0 Å². The molecule has 0 N–H and O–H groups in total. The zero-order valence-corrected chi connectivity index (χ0v) is 9.83. The first kappa shape index (κ1) is 12.6. The zero-order valence-electron chi connectivity index (χ0n) is 8.20. The Morgan fingerprint density at radius 3 is 1.42 bits per heavy atom. The summed E-state index contributed by atoms with van der Waals surface area (Å²) in [5.41, 5.74) is 0. The molecule has 12 heavy (non-hydrogen) atoms. The lowest BCUT2D eigenvalue weighted by Crippen LogP contribution is -2.02. The molecular weight excluding hydrogens is 192 g/mol. The first-order valence-electron chi connectivity index (χ1n) is 4.10. The van der Waals surface area contributed by atoms with Crippen molar-refractivity contribution < 1.29 is 9.47 Å². The van der Waals surface area contributed by atoms with Gasteiger partial charge in [0.1, 0.15) is 11.9 Å². The fourth-order valence-electron chi connectivity index (χ4n) is 0.396. The summed E-state index contributed by atoms with van der Waals surface area (Å²) in [5.74, 6) is 1.48. The molecule has 0 aromatic carbocycles. The van der Waals surface area contributed by atoms with Crippen molar-refractivity contribution in [1.29, 1.82) is 0 Å². The van der Waals surface area contributed by atoms with E-state index < -0.39 is 0 Å². The zero-order chi connectivity index (χ0) is 9.40. The molecule has 0 saturated carbocycles. The molecule has 0 spiro atoms. The molecule has 4 heteroatoms. The highest BCUT2D eigenvalue weighted by atomic mass is 33.1. The van der Waals surface area contributed by atoms with Crippen LogP contribution >= 0.6 is 21.6 Å². The van der Waals surface area contributed by atoms with Gasteiger partial charge in [0.2, 0.25) is 0 Å². The van der Waals surface area contributed by atoms with Gasteiger partial charge in [0.15, 0.2) is 0 Å². The van der Waals surface area contributed by atoms with Crippen LogP contribution in [0.2, 0.25) is 0 Å². The van der Waals surface area contributed by atoms with E-state index in [9.17, 15) is 0 Å². The second-order valence-corrected chi connectivity index (χ2v) is 5.26. The Morgan fingerprint density at radius 2 is 1.17 bits per heavy atom. The van der Waals surface area contributed by atoms with Gasteiger partial charge in [-0.1, -0.05) is 21.6 Å². The molecular formula is C8H18O2S2. The lowest BCUT2D eigenvalue weighted by Gasteiger charge is -2.08. The summed E-state index contributed by atoms with van der Waals surface area (Å²) in [5, 5.41) is 0. The van der Waals surface area contributed by atoms with Gasteiger partial charge < -0.3 is 9.47 Å². The Balaban J connectivity index is 2.91. The molecule has 74 valence electrons. The van der Waals surface area contributed by atoms with E-state index in [4.69, 9.17) is 9.47 Å². The van der Waals surface area contributed by atoms with E-state index in [-0.39, 0.29) is 0 Å². The van der Waals surface area contributed by atoms with Crippen molar-refractivity contribution in [2.24, 2.45) is 0 Å². The van der Waals surface area contributed by atoms with Gasteiger partial charge in [-0.15, -0.1) is 0 Å². The van der Waals surface area contributed by atoms with Crippen LogP contribution in [0.3, 0.4) is 0 Å². The first-order chi connectivity index (χ1) is 5.63. The molecule has 0 bridgehead atoms. The van der Waals surface area contributed by atoms with Crippen LogP contribution in [0, 0.1) is 0 Å². The minimum absolute atomic E-state index is 0.323. The van der Waals surface area contributed by atoms with Gasteiger partial charge in [-0.3, -0.25) is 0 Å². The number of ether oxygens (including phenoxy) is 2. The van der Waals surface area contributed by atoms with Crippen LogP contribution in [-0.4, -0.2) is 24.1 Å². The summed E-state index contributed by atoms with van der Waals surface area (Å²) < 4.78 is 10.7. The van der Waals surface area contributed by atoms with E-state index in [1.807, 2.05) is 27.7 Å². The molecule has 0 amide bonds. The third-order valence-electron chi connectivity index (χ3n) is 0.982. The smallest absolute Gasteiger partial charge is 0.103 e. The maximum absolute atomic E-state index is 5.34. The summed E-state index contributed by atoms with van der Waals surface area (Å²) in [4.78, 5) is 0. The quantitative estimate of drug-likeness (QED) is 0.365. The topological polar surface area (TPSA) is 18.5 Å². The maximum Gasteiger partial charge on any atom is 0.103 e. The van der Waals surface area contributed by atoms with Crippen LogP contribution in [0.5, 0.6) is 0 Å². The molecule has 0 saturated heterocycles. The van der Waals surface area contributed by atoms with Gasteiger partial charge in [-0.2, -0.15) is 0 Å². The van der Waals surface area contributed by atoms with Crippen molar-refractivity contribution >= 4 is 21.6 Å². The van der Waals surface area contributed by atoms with E-state index in [2.05, 4.69) is 0 Å². The number of rotatable bonds is 7. The molecule has 0 heterocycles. The molecule has 0 atom stereocenters. The molecule has 0 aromatic heterocycles. The molecule has 0 aliphatic rings. The van der Waals surface area contributed by atoms with E-state index >= 15 is 0 Å². The van der Waals surface area contributed by atoms with E-state index in [0.717, 1.165) is 11.9 Å². The van der Waals surface area contributed by atoms with Crippen molar-refractivity contribution in [2.45, 2.75) is 39.9 Å². The summed E-state index contributed by atoms with van der Waals surface area (Å²) >= 11 is 0. The summed E-state index contributed by atoms with van der Waals surface area (Å²) in [6, 6.07) is 0. The summed E-state index contributed by atoms with van der Waals surface area (Å²) in [6.07, 6.45) is 0.647. The standard InChI is InChI=1S/C8H18O2S2/c1-7(2)9-5-11-12-6-10-8(3)4/h7-8H,5-6H2,1-4H3. The number of hydrogen-bond acceptors (Lipinski definition) is 4. The van der Waals surface area contributed by atoms with Gasteiger partial charge in [0.05, 0.1) is 12.2 Å². The van der Waals surface area contributed by atoms with Gasteiger partial charge >= 0.3 is 0 Å². The summed E-state index contributed by atoms with van der Waals surface area (Å²) in [7, 11) is 3.39. The SMILES string of the molecule is CC(C)OCSSCOC(C)C. The lowest BCUT2D eigenvalue weighted by molar-refractivity contribution is 0.119. The largest absolute Gasteiger partial charge is 0.367 e. The highest BCUT2D eigenvalue weighted by Crippen LogP contribution is 2.21. The maximum atomic E-state index is 5.34. The van der Waals surface area contributed by atoms with Crippen molar-refractivity contribution in [3.05, 3.63) is 0 Å². The molecule has 0 rings (SSSR count). The number of hydrogen-bond donors (Lipinski definition) is 0. The minimum atomic E-state index is 0.323. The highest BCUT2D eigenvalue weighted by Gasteiger charge is 1.95. The van der Waals surface area contributed by atoms with Crippen molar-refractivity contribution in [1.82, 2.24) is 0 Å². The van der Waals surface area contributed by atoms with Gasteiger partial charge in [-0.05, 0) is 27.7 Å². The van der Waals surface area contributed by atoms with Crippen LogP contribution in [0.1, 0.15) is 27.7 Å². The molecule has 0 aromatic rings. The third-order valence-corrected chi connectivity index (χ3v) is 2.69. The molecule has 0 aliphatic carbocycles. The van der Waals surface area contributed by atoms with Crippen LogP contribution < -0.4 is 0 Å². The predicted molar refractivity (Wildman–Crippen MR) is 57.4 cm³/mol. The minimum Gasteiger partial charge on any atom is -0.367 e. The fraction of sp³-hybridized carbons (Fsp3) is 1.00. The van der Waals surface area contributed by atoms with Crippen LogP contribution in [0.25, 0.3) is 0 Å². The molecule has 0 fully saturated rings. The average molecular weight is 210 g/mol. The van der Waals surface area contributed by atoms with E-state index in [0.29, 0.717) is 12.2 Å². The van der Waals surface area contributed by atoms with Gasteiger partial charge in [-0.25, -0.2) is 0 Å². The Bertz CT molecular complexity index is 85.1. The Morgan fingerprint density at radius 1 is 0.833 bits per heavy atom.